The summed E-state index contributed by atoms with van der Waals surface area (Å²) in [4.78, 5) is 4.04. The average Bonchev–Trinajstić information content (AvgIpc) is 2.86. The second-order valence-corrected chi connectivity index (χ2v) is 4.47. The molecule has 2 nitrogen and oxygen atoms in total. The highest BCUT2D eigenvalue weighted by molar-refractivity contribution is 6.05. The van der Waals surface area contributed by atoms with Crippen molar-refractivity contribution in [3.05, 3.63) is 67.0 Å². The molecule has 0 atom stereocenters. The van der Waals surface area contributed by atoms with E-state index in [2.05, 4.69) is 29.2 Å². The third-order valence-corrected chi connectivity index (χ3v) is 3.33. The highest BCUT2D eigenvalue weighted by Gasteiger charge is 2.07. The van der Waals surface area contributed by atoms with Crippen molar-refractivity contribution in [2.24, 2.45) is 0 Å². The van der Waals surface area contributed by atoms with Crippen LogP contribution < -0.4 is 0 Å². The Morgan fingerprint density at radius 2 is 1.74 bits per heavy atom. The maximum absolute atomic E-state index is 5.88. The molecule has 0 aliphatic carbocycles. The molecule has 2 aromatic carbocycles. The van der Waals surface area contributed by atoms with Crippen molar-refractivity contribution in [3.8, 4) is 11.1 Å². The monoisotopic (exact) mass is 244 g/mol. The summed E-state index contributed by atoms with van der Waals surface area (Å²) in [5.41, 5.74) is 4.09. The predicted molar refractivity (Wildman–Crippen MR) is 75.8 cm³/mol. The van der Waals surface area contributed by atoms with Gasteiger partial charge in [-0.1, -0.05) is 12.1 Å². The molecule has 0 N–H and O–H groups in total. The molecule has 0 spiro atoms. The van der Waals surface area contributed by atoms with Gasteiger partial charge < -0.3 is 4.42 Å². The first-order chi connectivity index (χ1) is 9.42. The van der Waals surface area contributed by atoms with Crippen LogP contribution in [0.3, 0.4) is 0 Å². The lowest BCUT2D eigenvalue weighted by molar-refractivity contribution is 0.669. The summed E-state index contributed by atoms with van der Waals surface area (Å²) < 4.78 is 5.88. The second kappa shape index (κ2) is 3.95. The molecule has 19 heavy (non-hydrogen) atoms. The van der Waals surface area contributed by atoms with E-state index in [-0.39, 0.29) is 0 Å². The highest BCUT2D eigenvalue weighted by atomic mass is 16.3. The molecular weight excluding hydrogens is 234 g/mol. The van der Waals surface area contributed by atoms with Gasteiger partial charge in [0.15, 0.2) is 0 Å². The highest BCUT2D eigenvalue weighted by Crippen LogP contribution is 2.31. The molecule has 0 saturated heterocycles. The number of pyridine rings is 1. The molecule has 0 unspecified atom stereocenters. The van der Waals surface area contributed by atoms with E-state index in [0.717, 1.165) is 33.1 Å². The van der Waals surface area contributed by atoms with Crippen LogP contribution in [0.2, 0.25) is 0 Å². The number of aromatic nitrogens is 1. The summed E-state index contributed by atoms with van der Waals surface area (Å²) >= 11 is 0. The first kappa shape index (κ1) is 10.3. The maximum atomic E-state index is 5.88. The van der Waals surface area contributed by atoms with E-state index in [1.807, 2.05) is 30.3 Å². The van der Waals surface area contributed by atoms with Crippen LogP contribution in [0.1, 0.15) is 0 Å². The molecule has 2 heterocycles. The Morgan fingerprint density at radius 1 is 0.842 bits per heavy atom. The lowest BCUT2D eigenvalue weighted by Gasteiger charge is -2.00. The van der Waals surface area contributed by atoms with Crippen LogP contribution in [-0.4, -0.2) is 4.98 Å². The molecule has 0 aliphatic rings. The van der Waals surface area contributed by atoms with Gasteiger partial charge in [0.05, 0.1) is 0 Å². The second-order valence-electron chi connectivity index (χ2n) is 4.47. The number of fused-ring (bicyclic) bond motifs is 3. The van der Waals surface area contributed by atoms with Crippen LogP contribution in [-0.2, 0) is 0 Å². The number of hydrogen-bond acceptors (Lipinski definition) is 2. The van der Waals surface area contributed by atoms with Crippen LogP contribution in [0, 0.1) is 6.07 Å². The van der Waals surface area contributed by atoms with Gasteiger partial charge in [-0.15, -0.1) is 0 Å². The van der Waals surface area contributed by atoms with Crippen molar-refractivity contribution < 1.29 is 4.42 Å². The first-order valence-corrected chi connectivity index (χ1v) is 6.14. The van der Waals surface area contributed by atoms with E-state index in [4.69, 9.17) is 4.42 Å². The van der Waals surface area contributed by atoms with E-state index in [0.29, 0.717) is 0 Å². The lowest BCUT2D eigenvalue weighted by Crippen LogP contribution is -1.77. The minimum Gasteiger partial charge on any atom is -0.456 e. The zero-order valence-corrected chi connectivity index (χ0v) is 10.1. The van der Waals surface area contributed by atoms with Crippen molar-refractivity contribution in [3.63, 3.8) is 0 Å². The third kappa shape index (κ3) is 1.61. The molecular formula is C17H10NO. The van der Waals surface area contributed by atoms with Crippen molar-refractivity contribution in [1.82, 2.24) is 4.98 Å². The van der Waals surface area contributed by atoms with Crippen LogP contribution >= 0.6 is 0 Å². The standard InChI is InChI=1S/C17H10NO/c1-2-4-16-14(3-1)15-6-5-13(11-17(15)19-16)12-7-9-18-10-8-12/h2-11H. The van der Waals surface area contributed by atoms with Crippen LogP contribution in [0.25, 0.3) is 33.1 Å². The van der Waals surface area contributed by atoms with E-state index in [1.165, 1.54) is 0 Å². The molecule has 4 aromatic rings. The van der Waals surface area contributed by atoms with Gasteiger partial charge in [0.1, 0.15) is 11.2 Å². The molecule has 0 aliphatic heterocycles. The molecule has 1 radical (unpaired) electrons. The predicted octanol–water partition coefficient (Wildman–Crippen LogP) is 4.45. The smallest absolute Gasteiger partial charge is 0.136 e. The summed E-state index contributed by atoms with van der Waals surface area (Å²) in [5.74, 6) is 0. The topological polar surface area (TPSA) is 26.0 Å². The molecule has 89 valence electrons. The molecule has 2 heteroatoms. The van der Waals surface area contributed by atoms with Gasteiger partial charge in [-0.25, -0.2) is 0 Å². The van der Waals surface area contributed by atoms with Gasteiger partial charge in [0.25, 0.3) is 0 Å². The maximum Gasteiger partial charge on any atom is 0.136 e. The van der Waals surface area contributed by atoms with E-state index in [9.17, 15) is 0 Å². The normalized spacial score (nSPS) is 11.2. The average molecular weight is 244 g/mol. The van der Waals surface area contributed by atoms with Gasteiger partial charge in [-0.3, -0.25) is 4.98 Å². The zero-order chi connectivity index (χ0) is 12.7. The Morgan fingerprint density at radius 3 is 2.63 bits per heavy atom. The lowest BCUT2D eigenvalue weighted by atomic mass is 10.0. The molecule has 0 fully saturated rings. The number of furan rings is 1. The van der Waals surface area contributed by atoms with Crippen LogP contribution in [0.5, 0.6) is 0 Å². The number of benzene rings is 2. The largest absolute Gasteiger partial charge is 0.456 e. The fourth-order valence-electron chi connectivity index (χ4n) is 2.39. The summed E-state index contributed by atoms with van der Waals surface area (Å²) in [7, 11) is 0. The summed E-state index contributed by atoms with van der Waals surface area (Å²) in [5, 5.41) is 2.24. The number of hydrogen-bond donors (Lipinski definition) is 0. The van der Waals surface area contributed by atoms with Gasteiger partial charge in [-0.2, -0.15) is 0 Å². The summed E-state index contributed by atoms with van der Waals surface area (Å²) in [6, 6.07) is 19.2. The third-order valence-electron chi connectivity index (χ3n) is 3.33. The summed E-state index contributed by atoms with van der Waals surface area (Å²) in [6.45, 7) is 0. The Bertz CT molecular complexity index is 862. The Hall–Kier alpha value is -2.61. The number of nitrogens with zero attached hydrogens (tertiary/aromatic N) is 1. The van der Waals surface area contributed by atoms with Gasteiger partial charge >= 0.3 is 0 Å². The van der Waals surface area contributed by atoms with Crippen LogP contribution in [0.15, 0.2) is 65.3 Å². The minimum atomic E-state index is 0.903. The Kier molecular flexibility index (Phi) is 2.15. The summed E-state index contributed by atoms with van der Waals surface area (Å²) in [6.07, 6.45) is 3.60. The van der Waals surface area contributed by atoms with E-state index < -0.39 is 0 Å². The zero-order valence-electron chi connectivity index (χ0n) is 10.1. The van der Waals surface area contributed by atoms with Crippen molar-refractivity contribution >= 4 is 21.9 Å². The van der Waals surface area contributed by atoms with Crippen molar-refractivity contribution in [2.45, 2.75) is 0 Å². The van der Waals surface area contributed by atoms with Gasteiger partial charge in [-0.05, 0) is 53.6 Å². The van der Waals surface area contributed by atoms with Crippen LogP contribution in [0.4, 0.5) is 0 Å². The molecule has 2 aromatic heterocycles. The van der Waals surface area contributed by atoms with E-state index >= 15 is 0 Å². The fraction of sp³-hybridized carbons (Fsp3) is 0. The Labute approximate surface area is 110 Å². The van der Waals surface area contributed by atoms with Gasteiger partial charge in [0, 0.05) is 23.2 Å². The quantitative estimate of drug-likeness (QED) is 0.494. The molecule has 0 saturated carbocycles. The van der Waals surface area contributed by atoms with E-state index in [1.54, 1.807) is 12.4 Å². The SMILES string of the molecule is [c]1ccc2oc3cc(-c4ccncc4)ccc3c2c1. The molecule has 0 amide bonds. The molecule has 4 rings (SSSR count). The first-order valence-electron chi connectivity index (χ1n) is 6.14. The fourth-order valence-corrected chi connectivity index (χ4v) is 2.39. The van der Waals surface area contributed by atoms with Gasteiger partial charge in [0.2, 0.25) is 0 Å². The van der Waals surface area contributed by atoms with Crippen molar-refractivity contribution in [1.29, 1.82) is 0 Å². The minimum absolute atomic E-state index is 0.903. The molecule has 0 bridgehead atoms. The Balaban J connectivity index is 1.99. The number of rotatable bonds is 1. The van der Waals surface area contributed by atoms with Crippen molar-refractivity contribution in [2.75, 3.05) is 0 Å².